The first-order chi connectivity index (χ1) is 49.3. The van der Waals surface area contributed by atoms with Gasteiger partial charge in [-0.15, -0.1) is 9.35 Å². The van der Waals surface area contributed by atoms with Crippen LogP contribution in [-0.2, 0) is 59.1 Å². The quantitative estimate of drug-likeness (QED) is 0.0270. The number of aromatic carboxylic acids is 2. The second kappa shape index (κ2) is 40.6. The smallest absolute Gasteiger partial charge is 0.387 e. The number of carbonyl (C=O) groups is 3. The van der Waals surface area contributed by atoms with Crippen LogP contribution < -0.4 is 124 Å². The third-order valence-electron chi connectivity index (χ3n) is 12.0. The zero-order valence-electron chi connectivity index (χ0n) is 55.4. The molecule has 50 heteroatoms. The predicted molar refractivity (Wildman–Crippen MR) is 412 cm³/mol. The van der Waals surface area contributed by atoms with Crippen molar-refractivity contribution in [1.29, 1.82) is 0 Å². The summed E-state index contributed by atoms with van der Waals surface area (Å²) in [5.74, 6) is -2.97. The molecule has 0 spiro atoms. The van der Waals surface area contributed by atoms with Crippen molar-refractivity contribution < 1.29 is 123 Å². The second-order valence-electron chi connectivity index (χ2n) is 21.2. The SMILES string of the molecule is Nc1cc(N)cc(C(=O)O)c1.Nc1cc(N)cc(CC(=O)O)c1.Nc1cc(N)cc(P(=O)(O)O)c1.Nc1cc(N)cc(P(=O)(O)OO)c1.Nc1cc(N)cc(S(=O)(=O)O)c1.Nc1ccc(N)c(C(=O)O)c1.Nc1ccc(N)c(P(=O)(O)O)c1.Nc1ccc(N)c(P(=O)(O)OO)c1.Nc1ccc(N)c(S(=O)(=O)O)c1. The Hall–Kier alpha value is -11.9. The summed E-state index contributed by atoms with van der Waals surface area (Å²) in [6, 6.07) is 36.6. The summed E-state index contributed by atoms with van der Waals surface area (Å²) < 4.78 is 110. The summed E-state index contributed by atoms with van der Waals surface area (Å²) in [4.78, 5) is 83.6. The Labute approximate surface area is 612 Å². The van der Waals surface area contributed by atoms with E-state index in [1.54, 1.807) is 24.3 Å². The van der Waals surface area contributed by atoms with Crippen molar-refractivity contribution in [3.05, 3.63) is 180 Å². The Bertz CT molecular complexity index is 5020. The highest BCUT2D eigenvalue weighted by molar-refractivity contribution is 7.86. The summed E-state index contributed by atoms with van der Waals surface area (Å²) in [6.07, 6.45) is -0.0464. The molecule has 0 aliphatic rings. The number of hydrogen-bond acceptors (Lipinski definition) is 33. The van der Waals surface area contributed by atoms with Crippen molar-refractivity contribution in [2.24, 2.45) is 0 Å². The van der Waals surface area contributed by atoms with Crippen molar-refractivity contribution in [3.8, 4) is 0 Å². The first kappa shape index (κ1) is 94.1. The van der Waals surface area contributed by atoms with Gasteiger partial charge in [-0.25, -0.2) is 20.1 Å². The van der Waals surface area contributed by atoms with E-state index in [0.29, 0.717) is 34.0 Å². The first-order valence-corrected chi connectivity index (χ1v) is 37.6. The fourth-order valence-electron chi connectivity index (χ4n) is 7.51. The van der Waals surface area contributed by atoms with Gasteiger partial charge in [-0.3, -0.25) is 32.2 Å². The van der Waals surface area contributed by atoms with E-state index in [2.05, 4.69) is 9.35 Å². The minimum atomic E-state index is -4.29. The fourth-order valence-corrected chi connectivity index (χ4v) is 11.6. The van der Waals surface area contributed by atoms with Crippen LogP contribution in [0.1, 0.15) is 26.3 Å². The highest BCUT2D eigenvalue weighted by Crippen LogP contribution is 2.42. The average Bonchev–Trinajstić information content (AvgIpc) is 0.836. The molecule has 9 rings (SSSR count). The van der Waals surface area contributed by atoms with E-state index in [-0.39, 0.29) is 122 Å². The molecule has 0 aliphatic carbocycles. The maximum Gasteiger partial charge on any atom is 0.387 e. The molecule has 588 valence electrons. The summed E-state index contributed by atoms with van der Waals surface area (Å²) in [6.45, 7) is 0. The van der Waals surface area contributed by atoms with Gasteiger partial charge in [0.2, 0.25) is 0 Å². The largest absolute Gasteiger partial charge is 0.481 e. The van der Waals surface area contributed by atoms with Gasteiger partial charge in [0, 0.05) is 96.7 Å². The summed E-state index contributed by atoms with van der Waals surface area (Å²) >= 11 is 0. The third kappa shape index (κ3) is 34.4. The van der Waals surface area contributed by atoms with Gasteiger partial charge in [-0.2, -0.15) is 16.8 Å². The molecular formula is C58H78N18O26P4S2. The first-order valence-electron chi connectivity index (χ1n) is 28.3. The van der Waals surface area contributed by atoms with Crippen LogP contribution in [-0.4, -0.2) is 99.0 Å². The van der Waals surface area contributed by atoms with E-state index < -0.39 is 68.5 Å². The molecule has 49 N–H and O–H groups in total. The Morgan fingerprint density at radius 1 is 0.333 bits per heavy atom. The van der Waals surface area contributed by atoms with Gasteiger partial charge in [0.1, 0.15) is 4.90 Å². The molecule has 0 aromatic heterocycles. The monoisotopic (exact) mass is 1630 g/mol. The lowest BCUT2D eigenvalue weighted by molar-refractivity contribution is -0.143. The molecule has 0 aliphatic heterocycles. The van der Waals surface area contributed by atoms with E-state index in [0.717, 1.165) is 18.2 Å². The number of nitrogens with two attached hydrogens (primary N) is 18. The highest BCUT2D eigenvalue weighted by atomic mass is 32.2. The normalized spacial score (nSPS) is 11.8. The maximum absolute atomic E-state index is 11.1. The summed E-state index contributed by atoms with van der Waals surface area (Å²) in [5, 5.41) is 41.1. The summed E-state index contributed by atoms with van der Waals surface area (Å²) in [5.41, 5.74) is 102. The van der Waals surface area contributed by atoms with Crippen LogP contribution in [0.3, 0.4) is 0 Å². The Morgan fingerprint density at radius 3 is 0.972 bits per heavy atom. The van der Waals surface area contributed by atoms with Crippen molar-refractivity contribution in [2.75, 3.05) is 103 Å². The van der Waals surface area contributed by atoms with Crippen LogP contribution in [0.4, 0.5) is 102 Å². The number of anilines is 18. The van der Waals surface area contributed by atoms with Gasteiger partial charge in [0.25, 0.3) is 20.2 Å². The fraction of sp³-hybridized carbons (Fsp3) is 0.0172. The number of hydrogen-bond donors (Lipinski definition) is 31. The molecule has 2 unspecified atom stereocenters. The Balaban J connectivity index is 0.000000608. The van der Waals surface area contributed by atoms with Crippen molar-refractivity contribution in [3.63, 3.8) is 0 Å². The Kier molecular flexibility index (Phi) is 35.4. The van der Waals surface area contributed by atoms with Crippen LogP contribution in [0, 0.1) is 0 Å². The zero-order chi connectivity index (χ0) is 83.5. The molecule has 44 nitrogen and oxygen atoms in total. The van der Waals surface area contributed by atoms with Gasteiger partial charge in [0.15, 0.2) is 0 Å². The minimum absolute atomic E-state index is 0.0216. The second-order valence-corrected chi connectivity index (χ2v) is 30.5. The van der Waals surface area contributed by atoms with Gasteiger partial charge in [0.05, 0.1) is 49.3 Å². The number of benzene rings is 9. The van der Waals surface area contributed by atoms with E-state index in [4.69, 9.17) is 168 Å². The lowest BCUT2D eigenvalue weighted by Gasteiger charge is -2.09. The lowest BCUT2D eigenvalue weighted by atomic mass is 10.1. The molecule has 0 fully saturated rings. The van der Waals surface area contributed by atoms with Crippen LogP contribution in [0.2, 0.25) is 0 Å². The molecule has 0 radical (unpaired) electrons. The molecule has 0 saturated carbocycles. The summed E-state index contributed by atoms with van der Waals surface area (Å²) in [7, 11) is -25.4. The van der Waals surface area contributed by atoms with Gasteiger partial charge in [-0.1, -0.05) is 0 Å². The van der Waals surface area contributed by atoms with Gasteiger partial charge in [-0.05, 0) is 169 Å². The topological polar surface area (TPSA) is 938 Å². The molecule has 0 bridgehead atoms. The van der Waals surface area contributed by atoms with Crippen molar-refractivity contribution in [1.82, 2.24) is 0 Å². The average molecular weight is 1630 g/mol. The molecule has 0 amide bonds. The lowest BCUT2D eigenvalue weighted by Crippen LogP contribution is -2.12. The van der Waals surface area contributed by atoms with Crippen LogP contribution in [0.25, 0.3) is 0 Å². The van der Waals surface area contributed by atoms with Crippen LogP contribution in [0.5, 0.6) is 0 Å². The molecule has 2 atom stereocenters. The number of aliphatic carboxylic acids is 1. The minimum Gasteiger partial charge on any atom is -0.481 e. The Morgan fingerprint density at radius 2 is 0.657 bits per heavy atom. The molecule has 9 aromatic rings. The van der Waals surface area contributed by atoms with E-state index in [1.165, 1.54) is 121 Å². The molecule has 0 saturated heterocycles. The van der Waals surface area contributed by atoms with E-state index >= 15 is 0 Å². The number of carboxylic acids is 3. The number of carboxylic acid groups (broad SMARTS) is 3. The van der Waals surface area contributed by atoms with E-state index in [1.807, 2.05) is 0 Å². The maximum atomic E-state index is 11.1. The highest BCUT2D eigenvalue weighted by Gasteiger charge is 2.27. The van der Waals surface area contributed by atoms with E-state index in [9.17, 15) is 49.5 Å². The molecule has 9 aromatic carbocycles. The van der Waals surface area contributed by atoms with Gasteiger partial charge >= 0.3 is 48.3 Å². The molecule has 108 heavy (non-hydrogen) atoms. The number of nitrogen functional groups attached to an aromatic ring is 18. The van der Waals surface area contributed by atoms with Crippen LogP contribution >= 0.6 is 30.4 Å². The molecular weight excluding hydrogens is 1550 g/mol. The van der Waals surface area contributed by atoms with Crippen molar-refractivity contribution >= 4 is 192 Å². The standard InChI is InChI=1S/C8H10N2O2.2C7H8N2O2.2C6H9N2O4P.2C6H9N2O3P.2C6H8N2O3S/c9-6-1-5(3-8(11)12)2-7(10)4-6;8-5-1-4(7(10)11)2-6(9)3-5;8-4-1-2-6(9)5(3-4)7(10)11;7-4-1-5(8)3-6(2-4)13(10,11)12-9;7-4-1-2-5(8)6(3-4)13(10,11)12-9;7-4-1-5(8)3-6(2-4)12(9,10)11;7-4-1-2-5(8)6(3-4)12(9,10)11;7-4-1-5(8)3-6(2-4)12(9,10)11;7-4-1-2-5(8)6(3-4)12(9,10)11/h1-2,4H,3,9-10H2,(H,11,12);2*1-3H,8-9H2,(H,10,11);2*1-3,9H,7-8H2,(H,10,11);2*1-3H,7-8H2,(H2,9,10,11);2*1-3H,7-8H2,(H,9,10,11). The number of rotatable bonds is 12. The predicted octanol–water partition coefficient (Wildman–Crippen LogP) is 1.38. The van der Waals surface area contributed by atoms with Crippen molar-refractivity contribution in [2.45, 2.75) is 16.2 Å². The third-order valence-corrected chi connectivity index (χ3v) is 18.1. The zero-order valence-corrected chi connectivity index (χ0v) is 60.6. The van der Waals surface area contributed by atoms with Gasteiger partial charge < -0.3 is 148 Å². The molecule has 0 heterocycles. The van der Waals surface area contributed by atoms with Crippen LogP contribution in [0.15, 0.2) is 174 Å².